The monoisotopic (exact) mass is 216 g/mol. The SMILES string of the molecule is C=C[C@@H](c1ccccc1)C1(O)CCCCC1. The van der Waals surface area contributed by atoms with Crippen LogP contribution in [-0.2, 0) is 0 Å². The van der Waals surface area contributed by atoms with Crippen LogP contribution in [0.5, 0.6) is 0 Å². The van der Waals surface area contributed by atoms with E-state index in [2.05, 4.69) is 18.7 Å². The normalized spacial score (nSPS) is 21.3. The van der Waals surface area contributed by atoms with Crippen LogP contribution in [0.1, 0.15) is 43.6 Å². The third-order valence-electron chi connectivity index (χ3n) is 3.69. The molecule has 0 bridgehead atoms. The summed E-state index contributed by atoms with van der Waals surface area (Å²) in [5.74, 6) is 0.0778. The fraction of sp³-hybridized carbons (Fsp3) is 0.467. The van der Waals surface area contributed by atoms with E-state index in [4.69, 9.17) is 0 Å². The van der Waals surface area contributed by atoms with Gasteiger partial charge in [-0.05, 0) is 18.4 Å². The predicted molar refractivity (Wildman–Crippen MR) is 67.4 cm³/mol. The lowest BCUT2D eigenvalue weighted by Gasteiger charge is -2.38. The Morgan fingerprint density at radius 1 is 1.12 bits per heavy atom. The molecule has 1 aromatic carbocycles. The van der Waals surface area contributed by atoms with Crippen LogP contribution in [0.4, 0.5) is 0 Å². The summed E-state index contributed by atoms with van der Waals surface area (Å²) in [6.45, 7) is 3.90. The van der Waals surface area contributed by atoms with Crippen molar-refractivity contribution in [1.82, 2.24) is 0 Å². The van der Waals surface area contributed by atoms with Gasteiger partial charge in [0.15, 0.2) is 0 Å². The lowest BCUT2D eigenvalue weighted by molar-refractivity contribution is -0.00901. The largest absolute Gasteiger partial charge is 0.389 e. The first-order chi connectivity index (χ1) is 7.76. The van der Waals surface area contributed by atoms with Gasteiger partial charge < -0.3 is 5.11 Å². The van der Waals surface area contributed by atoms with Gasteiger partial charge in [0.25, 0.3) is 0 Å². The maximum absolute atomic E-state index is 10.7. The Hall–Kier alpha value is -1.08. The van der Waals surface area contributed by atoms with Crippen molar-refractivity contribution in [3.8, 4) is 0 Å². The minimum Gasteiger partial charge on any atom is -0.389 e. The van der Waals surface area contributed by atoms with Crippen LogP contribution >= 0.6 is 0 Å². The van der Waals surface area contributed by atoms with E-state index in [1.54, 1.807) is 0 Å². The maximum Gasteiger partial charge on any atom is 0.0750 e. The number of rotatable bonds is 3. The van der Waals surface area contributed by atoms with Crippen LogP contribution in [0.3, 0.4) is 0 Å². The molecule has 86 valence electrons. The summed E-state index contributed by atoms with van der Waals surface area (Å²) >= 11 is 0. The fourth-order valence-corrected chi connectivity index (χ4v) is 2.80. The molecule has 1 aliphatic carbocycles. The van der Waals surface area contributed by atoms with Gasteiger partial charge in [-0.2, -0.15) is 0 Å². The molecule has 1 saturated carbocycles. The lowest BCUT2D eigenvalue weighted by atomic mass is 9.73. The number of benzene rings is 1. The molecule has 0 amide bonds. The third-order valence-corrected chi connectivity index (χ3v) is 3.69. The summed E-state index contributed by atoms with van der Waals surface area (Å²) < 4.78 is 0. The summed E-state index contributed by atoms with van der Waals surface area (Å²) in [6.07, 6.45) is 7.22. The van der Waals surface area contributed by atoms with Crippen LogP contribution in [0.25, 0.3) is 0 Å². The van der Waals surface area contributed by atoms with E-state index < -0.39 is 5.60 Å². The van der Waals surface area contributed by atoms with Crippen molar-refractivity contribution >= 4 is 0 Å². The molecule has 0 saturated heterocycles. The van der Waals surface area contributed by atoms with Gasteiger partial charge in [-0.1, -0.05) is 55.7 Å². The van der Waals surface area contributed by atoms with E-state index in [0.29, 0.717) is 0 Å². The summed E-state index contributed by atoms with van der Waals surface area (Å²) in [5, 5.41) is 10.7. The zero-order valence-electron chi connectivity index (χ0n) is 9.73. The van der Waals surface area contributed by atoms with E-state index in [1.807, 2.05) is 24.3 Å². The second-order valence-electron chi connectivity index (χ2n) is 4.79. The highest BCUT2D eigenvalue weighted by Gasteiger charge is 2.36. The molecule has 0 aromatic heterocycles. The molecule has 1 atom stereocenters. The molecule has 1 nitrogen and oxygen atoms in total. The minimum atomic E-state index is -0.568. The summed E-state index contributed by atoms with van der Waals surface area (Å²) in [7, 11) is 0. The zero-order chi connectivity index (χ0) is 11.4. The van der Waals surface area contributed by atoms with E-state index in [0.717, 1.165) is 25.7 Å². The molecule has 0 spiro atoms. The lowest BCUT2D eigenvalue weighted by Crippen LogP contribution is -2.37. The number of hydrogen-bond donors (Lipinski definition) is 1. The minimum absolute atomic E-state index is 0.0778. The second-order valence-corrected chi connectivity index (χ2v) is 4.79. The van der Waals surface area contributed by atoms with Gasteiger partial charge >= 0.3 is 0 Å². The molecule has 1 heteroatoms. The van der Waals surface area contributed by atoms with Crippen LogP contribution in [0.2, 0.25) is 0 Å². The molecule has 1 aliphatic rings. The second kappa shape index (κ2) is 4.84. The van der Waals surface area contributed by atoms with Crippen molar-refractivity contribution in [2.45, 2.75) is 43.6 Å². The average molecular weight is 216 g/mol. The van der Waals surface area contributed by atoms with Crippen LogP contribution in [0, 0.1) is 0 Å². The highest BCUT2D eigenvalue weighted by atomic mass is 16.3. The molecule has 1 N–H and O–H groups in total. The van der Waals surface area contributed by atoms with Gasteiger partial charge in [-0.3, -0.25) is 0 Å². The Kier molecular flexibility index (Phi) is 3.45. The molecule has 0 radical (unpaired) electrons. The standard InChI is InChI=1S/C15H20O/c1-2-14(13-9-5-3-6-10-13)15(16)11-7-4-8-12-15/h2-3,5-6,9-10,14,16H,1,4,7-8,11-12H2/t14-/m0/s1. The van der Waals surface area contributed by atoms with Crippen molar-refractivity contribution in [2.24, 2.45) is 0 Å². The van der Waals surface area contributed by atoms with Crippen molar-refractivity contribution < 1.29 is 5.11 Å². The zero-order valence-corrected chi connectivity index (χ0v) is 9.73. The molecule has 16 heavy (non-hydrogen) atoms. The average Bonchev–Trinajstić information content (AvgIpc) is 2.32. The molecule has 0 heterocycles. The van der Waals surface area contributed by atoms with Gasteiger partial charge in [-0.25, -0.2) is 0 Å². The first-order valence-corrected chi connectivity index (χ1v) is 6.16. The van der Waals surface area contributed by atoms with Crippen molar-refractivity contribution in [1.29, 1.82) is 0 Å². The van der Waals surface area contributed by atoms with Crippen LogP contribution < -0.4 is 0 Å². The first kappa shape index (κ1) is 11.4. The third kappa shape index (κ3) is 2.19. The van der Waals surface area contributed by atoms with E-state index >= 15 is 0 Å². The van der Waals surface area contributed by atoms with Gasteiger partial charge in [0.2, 0.25) is 0 Å². The molecule has 0 aliphatic heterocycles. The highest BCUT2D eigenvalue weighted by Crippen LogP contribution is 2.40. The van der Waals surface area contributed by atoms with Crippen molar-refractivity contribution in [2.75, 3.05) is 0 Å². The fourth-order valence-electron chi connectivity index (χ4n) is 2.80. The molecule has 2 rings (SSSR count). The summed E-state index contributed by atoms with van der Waals surface area (Å²) in [6, 6.07) is 10.2. The Morgan fingerprint density at radius 3 is 2.31 bits per heavy atom. The van der Waals surface area contributed by atoms with E-state index in [1.165, 1.54) is 12.0 Å². The molecular weight excluding hydrogens is 196 g/mol. The van der Waals surface area contributed by atoms with Gasteiger partial charge in [0, 0.05) is 5.92 Å². The summed E-state index contributed by atoms with van der Waals surface area (Å²) in [4.78, 5) is 0. The Balaban J connectivity index is 2.25. The Bertz CT molecular complexity index is 336. The number of aliphatic hydroxyl groups is 1. The van der Waals surface area contributed by atoms with Gasteiger partial charge in [-0.15, -0.1) is 6.58 Å². The first-order valence-electron chi connectivity index (χ1n) is 6.16. The smallest absolute Gasteiger partial charge is 0.0750 e. The van der Waals surface area contributed by atoms with Gasteiger partial charge in [0.05, 0.1) is 5.60 Å². The Morgan fingerprint density at radius 2 is 1.75 bits per heavy atom. The molecule has 0 unspecified atom stereocenters. The van der Waals surface area contributed by atoms with Crippen molar-refractivity contribution in [3.05, 3.63) is 48.6 Å². The topological polar surface area (TPSA) is 20.2 Å². The molecule has 1 fully saturated rings. The quantitative estimate of drug-likeness (QED) is 0.765. The van der Waals surface area contributed by atoms with Gasteiger partial charge in [0.1, 0.15) is 0 Å². The molecular formula is C15H20O. The maximum atomic E-state index is 10.7. The van der Waals surface area contributed by atoms with Crippen molar-refractivity contribution in [3.63, 3.8) is 0 Å². The van der Waals surface area contributed by atoms with E-state index in [9.17, 15) is 5.11 Å². The molecule has 1 aromatic rings. The Labute approximate surface area is 97.8 Å². The van der Waals surface area contributed by atoms with Crippen LogP contribution in [0.15, 0.2) is 43.0 Å². The van der Waals surface area contributed by atoms with E-state index in [-0.39, 0.29) is 5.92 Å². The highest BCUT2D eigenvalue weighted by molar-refractivity contribution is 5.27. The predicted octanol–water partition coefficient (Wildman–Crippen LogP) is 3.65. The number of hydrogen-bond acceptors (Lipinski definition) is 1. The van der Waals surface area contributed by atoms with Crippen LogP contribution in [-0.4, -0.2) is 10.7 Å². The summed E-state index contributed by atoms with van der Waals surface area (Å²) in [5.41, 5.74) is 0.614.